The van der Waals surface area contributed by atoms with Crippen molar-refractivity contribution in [1.82, 2.24) is 5.32 Å². The maximum absolute atomic E-state index is 12.2. The number of hydrogen-bond donors (Lipinski definition) is 2. The summed E-state index contributed by atoms with van der Waals surface area (Å²) in [5, 5.41) is 13.6. The average Bonchev–Trinajstić information content (AvgIpc) is 2.95. The van der Waals surface area contributed by atoms with Crippen molar-refractivity contribution >= 4 is 5.97 Å². The highest BCUT2D eigenvalue weighted by Gasteiger charge is 2.22. The monoisotopic (exact) mass is 559 g/mol. The van der Waals surface area contributed by atoms with E-state index in [9.17, 15) is 9.90 Å². The highest BCUT2D eigenvalue weighted by atomic mass is 16.5. The van der Waals surface area contributed by atoms with Gasteiger partial charge in [-0.25, -0.2) is 0 Å². The number of carboxylic acids is 1. The molecule has 3 atom stereocenters. The molecule has 1 aromatic carbocycles. The fourth-order valence-electron chi connectivity index (χ4n) is 5.62. The largest absolute Gasteiger partial charge is 0.490 e. The van der Waals surface area contributed by atoms with Crippen LogP contribution in [0.3, 0.4) is 0 Å². The number of nitrogens with one attached hydrogen (secondary N) is 1. The maximum Gasteiger partial charge on any atom is 0.321 e. The molecule has 0 aliphatic heterocycles. The first-order chi connectivity index (χ1) is 19.5. The van der Waals surface area contributed by atoms with E-state index in [2.05, 4.69) is 57.3 Å². The Balaban J connectivity index is 2.71. The minimum absolute atomic E-state index is 0.277. The van der Waals surface area contributed by atoms with E-state index >= 15 is 0 Å². The third-order valence-corrected chi connectivity index (χ3v) is 8.22. The number of hydrogen-bond acceptors (Lipinski definition) is 3. The molecule has 232 valence electrons. The Morgan fingerprint density at radius 1 is 0.650 bits per heavy atom. The van der Waals surface area contributed by atoms with E-state index in [0.29, 0.717) is 6.42 Å². The van der Waals surface area contributed by atoms with Crippen molar-refractivity contribution in [3.63, 3.8) is 0 Å². The number of ether oxygens (including phenoxy) is 1. The normalized spacial score (nSPS) is 13.7. The van der Waals surface area contributed by atoms with Crippen molar-refractivity contribution < 1.29 is 14.6 Å². The van der Waals surface area contributed by atoms with Crippen LogP contribution in [0.5, 0.6) is 5.75 Å². The van der Waals surface area contributed by atoms with Gasteiger partial charge in [0.2, 0.25) is 0 Å². The highest BCUT2D eigenvalue weighted by Crippen LogP contribution is 2.22. The topological polar surface area (TPSA) is 58.6 Å². The van der Waals surface area contributed by atoms with Gasteiger partial charge in [0.25, 0.3) is 0 Å². The van der Waals surface area contributed by atoms with E-state index in [1.54, 1.807) is 0 Å². The molecule has 0 amide bonds. The van der Waals surface area contributed by atoms with Gasteiger partial charge in [-0.3, -0.25) is 4.79 Å². The predicted octanol–water partition coefficient (Wildman–Crippen LogP) is 10.7. The second-order valence-corrected chi connectivity index (χ2v) is 12.1. The quantitative estimate of drug-likeness (QED) is 0.100. The number of unbranched alkanes of at least 4 members (excludes halogenated alkanes) is 13. The number of rotatable bonds is 28. The second kappa shape index (κ2) is 25.2. The summed E-state index contributed by atoms with van der Waals surface area (Å²) in [4.78, 5) is 12.2. The van der Waals surface area contributed by atoms with Gasteiger partial charge in [-0.05, 0) is 62.6 Å². The summed E-state index contributed by atoms with van der Waals surface area (Å²) in [7, 11) is 0. The Bertz CT molecular complexity index is 704. The Kier molecular flexibility index (Phi) is 23.0. The van der Waals surface area contributed by atoms with Crippen LogP contribution >= 0.6 is 0 Å². The molecule has 0 radical (unpaired) electrons. The van der Waals surface area contributed by atoms with Gasteiger partial charge < -0.3 is 15.2 Å². The average molecular weight is 560 g/mol. The molecule has 0 bridgehead atoms. The lowest BCUT2D eigenvalue weighted by atomic mass is 9.98. The molecule has 40 heavy (non-hydrogen) atoms. The Labute approximate surface area is 248 Å². The molecule has 0 saturated carbocycles. The van der Waals surface area contributed by atoms with Gasteiger partial charge in [0.1, 0.15) is 11.8 Å². The van der Waals surface area contributed by atoms with Crippen LogP contribution in [0, 0.1) is 0 Å². The summed E-state index contributed by atoms with van der Waals surface area (Å²) < 4.78 is 6.47. The highest BCUT2D eigenvalue weighted by molar-refractivity contribution is 5.74. The van der Waals surface area contributed by atoms with Crippen molar-refractivity contribution in [2.45, 2.75) is 187 Å². The molecule has 4 heteroatoms. The van der Waals surface area contributed by atoms with Crippen molar-refractivity contribution in [1.29, 1.82) is 0 Å². The summed E-state index contributed by atoms with van der Waals surface area (Å²) in [5.74, 6) is 0.171. The molecular weight excluding hydrogens is 494 g/mol. The van der Waals surface area contributed by atoms with E-state index < -0.39 is 12.0 Å². The van der Waals surface area contributed by atoms with Crippen LogP contribution < -0.4 is 10.1 Å². The molecule has 0 saturated heterocycles. The number of benzene rings is 1. The van der Waals surface area contributed by atoms with Gasteiger partial charge in [0.05, 0.1) is 6.10 Å². The van der Waals surface area contributed by atoms with Gasteiger partial charge in [-0.1, -0.05) is 136 Å². The molecule has 4 nitrogen and oxygen atoms in total. The number of carboxylic acid groups (broad SMARTS) is 1. The van der Waals surface area contributed by atoms with E-state index in [4.69, 9.17) is 4.74 Å². The summed E-state index contributed by atoms with van der Waals surface area (Å²) in [5.41, 5.74) is 1.06. The van der Waals surface area contributed by atoms with Crippen molar-refractivity contribution in [3.05, 3.63) is 29.8 Å². The first kappa shape index (κ1) is 36.5. The zero-order valence-corrected chi connectivity index (χ0v) is 26.9. The summed E-state index contributed by atoms with van der Waals surface area (Å²) in [6.45, 7) is 8.99. The lowest BCUT2D eigenvalue weighted by Crippen LogP contribution is -2.44. The smallest absolute Gasteiger partial charge is 0.321 e. The van der Waals surface area contributed by atoms with Crippen LogP contribution in [0.4, 0.5) is 0 Å². The van der Waals surface area contributed by atoms with Crippen LogP contribution in [0.25, 0.3) is 0 Å². The van der Waals surface area contributed by atoms with Crippen LogP contribution in [-0.4, -0.2) is 29.3 Å². The van der Waals surface area contributed by atoms with Gasteiger partial charge in [0.15, 0.2) is 0 Å². The molecule has 0 heterocycles. The fraction of sp³-hybridized carbons (Fsp3) is 0.806. The third kappa shape index (κ3) is 18.7. The van der Waals surface area contributed by atoms with Gasteiger partial charge >= 0.3 is 5.97 Å². The molecule has 1 rings (SSSR count). The lowest BCUT2D eigenvalue weighted by Gasteiger charge is -2.24. The first-order valence-electron chi connectivity index (χ1n) is 17.3. The summed E-state index contributed by atoms with van der Waals surface area (Å²) in [6, 6.07) is 7.97. The van der Waals surface area contributed by atoms with E-state index in [1.807, 2.05) is 0 Å². The third-order valence-electron chi connectivity index (χ3n) is 8.22. The van der Waals surface area contributed by atoms with Crippen LogP contribution in [-0.2, 0) is 11.2 Å². The van der Waals surface area contributed by atoms with Crippen LogP contribution in [0.1, 0.15) is 168 Å². The molecular formula is C36H65NO3. The molecule has 0 aromatic heterocycles. The van der Waals surface area contributed by atoms with Crippen LogP contribution in [0.2, 0.25) is 0 Å². The van der Waals surface area contributed by atoms with Crippen LogP contribution in [0.15, 0.2) is 24.3 Å². The Hall–Kier alpha value is -1.55. The summed E-state index contributed by atoms with van der Waals surface area (Å²) in [6.07, 6.45) is 26.5. The first-order valence-corrected chi connectivity index (χ1v) is 17.3. The molecule has 0 fully saturated rings. The van der Waals surface area contributed by atoms with Gasteiger partial charge in [-0.15, -0.1) is 0 Å². The Morgan fingerprint density at radius 3 is 1.57 bits per heavy atom. The van der Waals surface area contributed by atoms with Crippen molar-refractivity contribution in [2.24, 2.45) is 0 Å². The minimum atomic E-state index is -0.748. The molecule has 0 aliphatic carbocycles. The fourth-order valence-corrected chi connectivity index (χ4v) is 5.62. The molecule has 1 aromatic rings. The van der Waals surface area contributed by atoms with Crippen molar-refractivity contribution in [3.8, 4) is 5.75 Å². The van der Waals surface area contributed by atoms with Gasteiger partial charge in [0, 0.05) is 6.04 Å². The zero-order chi connectivity index (χ0) is 29.3. The van der Waals surface area contributed by atoms with E-state index in [-0.39, 0.29) is 12.1 Å². The standard InChI is InChI=1S/C36H65NO3/c1-5-9-13-16-19-23-32(22-18-12-8-4)37-35(36(38)39)30-31-26-28-34(29-27-31)40-33(24-20-15-11-7-3)25-21-17-14-10-6-2/h26-29,32-33,35,37H,5-25,30H2,1-4H3,(H,38,39)/t32?,33?,35-/m1/s1. The molecule has 0 spiro atoms. The van der Waals surface area contributed by atoms with E-state index in [1.165, 1.54) is 109 Å². The summed E-state index contributed by atoms with van der Waals surface area (Å²) >= 11 is 0. The van der Waals surface area contributed by atoms with Gasteiger partial charge in [-0.2, -0.15) is 0 Å². The second-order valence-electron chi connectivity index (χ2n) is 12.1. The lowest BCUT2D eigenvalue weighted by molar-refractivity contribution is -0.139. The van der Waals surface area contributed by atoms with Crippen molar-refractivity contribution in [2.75, 3.05) is 0 Å². The Morgan fingerprint density at radius 2 is 1.07 bits per heavy atom. The molecule has 0 aliphatic rings. The molecule has 2 unspecified atom stereocenters. The molecule has 2 N–H and O–H groups in total. The SMILES string of the molecule is CCCCCCCC(CCCCC)N[C@H](Cc1ccc(OC(CCCCCC)CCCCCCC)cc1)C(=O)O. The maximum atomic E-state index is 12.2. The van der Waals surface area contributed by atoms with E-state index in [0.717, 1.165) is 37.0 Å². The predicted molar refractivity (Wildman–Crippen MR) is 173 cm³/mol. The minimum Gasteiger partial charge on any atom is -0.490 e. The number of carbonyl (C=O) groups is 1. The number of aliphatic carboxylic acids is 1. The zero-order valence-electron chi connectivity index (χ0n) is 26.9.